The number of amides is 2. The molecule has 0 aromatic heterocycles. The summed E-state index contributed by atoms with van der Waals surface area (Å²) in [6, 6.07) is 14.4. The van der Waals surface area contributed by atoms with Crippen LogP contribution in [0.4, 0.5) is 11.4 Å². The number of morpholine rings is 1. The molecule has 3 rings (SSSR count). The van der Waals surface area contributed by atoms with E-state index in [1.807, 2.05) is 24.3 Å². The van der Waals surface area contributed by atoms with Gasteiger partial charge in [0.1, 0.15) is 6.61 Å². The van der Waals surface area contributed by atoms with E-state index in [0.717, 1.165) is 10.2 Å². The van der Waals surface area contributed by atoms with E-state index in [-0.39, 0.29) is 18.4 Å². The molecular formula is C17H15BrN2O3. The number of nitrogens with one attached hydrogen (secondary N) is 1. The van der Waals surface area contributed by atoms with Crippen LogP contribution in [-0.2, 0) is 9.53 Å². The average molecular weight is 375 g/mol. The molecule has 1 heterocycles. The Morgan fingerprint density at radius 1 is 1.09 bits per heavy atom. The fraction of sp³-hybridized carbons (Fsp3) is 0.176. The molecule has 0 saturated carbocycles. The Bertz CT molecular complexity index is 714. The van der Waals surface area contributed by atoms with Crippen LogP contribution >= 0.6 is 15.9 Å². The van der Waals surface area contributed by atoms with Crippen molar-refractivity contribution in [2.45, 2.75) is 0 Å². The third kappa shape index (κ3) is 3.78. The lowest BCUT2D eigenvalue weighted by Gasteiger charge is -2.26. The van der Waals surface area contributed by atoms with Gasteiger partial charge in [-0.3, -0.25) is 9.59 Å². The largest absolute Gasteiger partial charge is 0.370 e. The number of hydrogen-bond donors (Lipinski definition) is 1. The van der Waals surface area contributed by atoms with E-state index in [4.69, 9.17) is 4.74 Å². The lowest BCUT2D eigenvalue weighted by Crippen LogP contribution is -2.41. The second-order valence-electron chi connectivity index (χ2n) is 5.11. The van der Waals surface area contributed by atoms with Crippen LogP contribution in [0.25, 0.3) is 0 Å². The molecule has 2 aromatic carbocycles. The van der Waals surface area contributed by atoms with Gasteiger partial charge in [-0.2, -0.15) is 0 Å². The summed E-state index contributed by atoms with van der Waals surface area (Å²) in [5.41, 5.74) is 2.07. The second kappa shape index (κ2) is 6.93. The molecule has 1 fully saturated rings. The molecule has 1 aliphatic heterocycles. The topological polar surface area (TPSA) is 58.6 Å². The van der Waals surface area contributed by atoms with Crippen molar-refractivity contribution < 1.29 is 14.3 Å². The molecular weight excluding hydrogens is 360 g/mol. The second-order valence-corrected chi connectivity index (χ2v) is 6.02. The zero-order valence-electron chi connectivity index (χ0n) is 12.3. The summed E-state index contributed by atoms with van der Waals surface area (Å²) in [6.45, 7) is 1.19. The predicted octanol–water partition coefficient (Wildman–Crippen LogP) is 3.06. The minimum atomic E-state index is -0.173. The normalized spacial score (nSPS) is 14.7. The molecule has 0 bridgehead atoms. The molecule has 0 radical (unpaired) electrons. The van der Waals surface area contributed by atoms with E-state index in [9.17, 15) is 9.59 Å². The molecule has 5 nitrogen and oxygen atoms in total. The lowest BCUT2D eigenvalue weighted by atomic mass is 10.2. The van der Waals surface area contributed by atoms with E-state index in [2.05, 4.69) is 21.2 Å². The molecule has 1 saturated heterocycles. The minimum absolute atomic E-state index is 0.0529. The average Bonchev–Trinajstić information content (AvgIpc) is 2.57. The monoisotopic (exact) mass is 374 g/mol. The van der Waals surface area contributed by atoms with Gasteiger partial charge >= 0.3 is 0 Å². The highest BCUT2D eigenvalue weighted by Gasteiger charge is 2.19. The summed E-state index contributed by atoms with van der Waals surface area (Å²) in [6.07, 6.45) is 0. The van der Waals surface area contributed by atoms with Gasteiger partial charge in [0.15, 0.2) is 0 Å². The van der Waals surface area contributed by atoms with E-state index in [1.165, 1.54) is 0 Å². The fourth-order valence-corrected chi connectivity index (χ4v) is 2.58. The standard InChI is InChI=1S/C17H15BrN2O3/c18-13-3-1-12(2-4-13)17(22)19-14-5-7-15(8-6-14)20-9-10-23-11-16(20)21/h1-8H,9-11H2,(H,19,22). The van der Waals surface area contributed by atoms with E-state index < -0.39 is 0 Å². The third-order valence-corrected chi connectivity index (χ3v) is 4.06. The van der Waals surface area contributed by atoms with Crippen LogP contribution in [0.1, 0.15) is 10.4 Å². The van der Waals surface area contributed by atoms with Gasteiger partial charge in [0.2, 0.25) is 0 Å². The summed E-state index contributed by atoms with van der Waals surface area (Å²) in [7, 11) is 0. The molecule has 1 aliphatic rings. The van der Waals surface area contributed by atoms with Crippen LogP contribution in [0.2, 0.25) is 0 Å². The number of anilines is 2. The van der Waals surface area contributed by atoms with Crippen molar-refractivity contribution >= 4 is 39.1 Å². The first-order valence-corrected chi connectivity index (χ1v) is 7.98. The Morgan fingerprint density at radius 2 is 1.78 bits per heavy atom. The van der Waals surface area contributed by atoms with Crippen LogP contribution < -0.4 is 10.2 Å². The van der Waals surface area contributed by atoms with Crippen LogP contribution in [0.3, 0.4) is 0 Å². The Morgan fingerprint density at radius 3 is 2.43 bits per heavy atom. The van der Waals surface area contributed by atoms with E-state index >= 15 is 0 Å². The highest BCUT2D eigenvalue weighted by atomic mass is 79.9. The first-order valence-electron chi connectivity index (χ1n) is 7.18. The summed E-state index contributed by atoms with van der Waals surface area (Å²) in [4.78, 5) is 25.6. The third-order valence-electron chi connectivity index (χ3n) is 3.53. The summed E-state index contributed by atoms with van der Waals surface area (Å²) < 4.78 is 6.04. The van der Waals surface area contributed by atoms with Crippen molar-refractivity contribution in [1.29, 1.82) is 0 Å². The van der Waals surface area contributed by atoms with Gasteiger partial charge in [-0.15, -0.1) is 0 Å². The smallest absolute Gasteiger partial charge is 0.255 e. The molecule has 0 unspecified atom stereocenters. The molecule has 118 valence electrons. The van der Waals surface area contributed by atoms with E-state index in [1.54, 1.807) is 29.2 Å². The van der Waals surface area contributed by atoms with Crippen molar-refractivity contribution in [2.24, 2.45) is 0 Å². The Balaban J connectivity index is 1.68. The summed E-state index contributed by atoms with van der Waals surface area (Å²) in [5, 5.41) is 2.84. The maximum Gasteiger partial charge on any atom is 0.255 e. The van der Waals surface area contributed by atoms with Gasteiger partial charge < -0.3 is 15.0 Å². The van der Waals surface area contributed by atoms with Crippen LogP contribution in [0, 0.1) is 0 Å². The number of carbonyl (C=O) groups excluding carboxylic acids is 2. The number of hydrogen-bond acceptors (Lipinski definition) is 3. The molecule has 2 amide bonds. The molecule has 2 aromatic rings. The van der Waals surface area contributed by atoms with Gasteiger partial charge in [0.25, 0.3) is 11.8 Å². The first kappa shape index (κ1) is 15.7. The first-order chi connectivity index (χ1) is 11.1. The summed E-state index contributed by atoms with van der Waals surface area (Å²) in [5.74, 6) is -0.226. The van der Waals surface area contributed by atoms with Crippen molar-refractivity contribution in [3.05, 3.63) is 58.6 Å². The Hall–Kier alpha value is -2.18. The number of benzene rings is 2. The number of carbonyl (C=O) groups is 2. The molecule has 0 atom stereocenters. The van der Waals surface area contributed by atoms with E-state index in [0.29, 0.717) is 24.4 Å². The van der Waals surface area contributed by atoms with Gasteiger partial charge in [-0.1, -0.05) is 15.9 Å². The highest BCUT2D eigenvalue weighted by molar-refractivity contribution is 9.10. The number of ether oxygens (including phenoxy) is 1. The lowest BCUT2D eigenvalue weighted by molar-refractivity contribution is -0.125. The van der Waals surface area contributed by atoms with Gasteiger partial charge in [0.05, 0.1) is 6.61 Å². The van der Waals surface area contributed by atoms with Crippen LogP contribution in [0.15, 0.2) is 53.0 Å². The van der Waals surface area contributed by atoms with Crippen molar-refractivity contribution in [1.82, 2.24) is 0 Å². The molecule has 23 heavy (non-hydrogen) atoms. The van der Waals surface area contributed by atoms with Crippen molar-refractivity contribution in [3.63, 3.8) is 0 Å². The van der Waals surface area contributed by atoms with Gasteiger partial charge in [0, 0.05) is 28.0 Å². The molecule has 0 aliphatic carbocycles. The Kier molecular flexibility index (Phi) is 4.73. The zero-order valence-corrected chi connectivity index (χ0v) is 13.9. The maximum absolute atomic E-state index is 12.2. The van der Waals surface area contributed by atoms with Crippen LogP contribution in [-0.4, -0.2) is 31.6 Å². The van der Waals surface area contributed by atoms with Gasteiger partial charge in [-0.05, 0) is 48.5 Å². The predicted molar refractivity (Wildman–Crippen MR) is 91.7 cm³/mol. The van der Waals surface area contributed by atoms with Crippen LogP contribution in [0.5, 0.6) is 0 Å². The Labute approximate surface area is 142 Å². The zero-order chi connectivity index (χ0) is 16.2. The maximum atomic E-state index is 12.2. The molecule has 1 N–H and O–H groups in total. The minimum Gasteiger partial charge on any atom is -0.370 e. The number of rotatable bonds is 3. The van der Waals surface area contributed by atoms with Crippen molar-refractivity contribution in [3.8, 4) is 0 Å². The molecule has 6 heteroatoms. The SMILES string of the molecule is O=C(Nc1ccc(N2CCOCC2=O)cc1)c1ccc(Br)cc1. The number of nitrogens with zero attached hydrogens (tertiary/aromatic N) is 1. The van der Waals surface area contributed by atoms with Crippen molar-refractivity contribution in [2.75, 3.05) is 30.0 Å². The fourth-order valence-electron chi connectivity index (χ4n) is 2.32. The van der Waals surface area contributed by atoms with Gasteiger partial charge in [-0.25, -0.2) is 0 Å². The molecule has 0 spiro atoms. The number of halogens is 1. The summed E-state index contributed by atoms with van der Waals surface area (Å²) >= 11 is 3.34. The quantitative estimate of drug-likeness (QED) is 0.897. The highest BCUT2D eigenvalue weighted by Crippen LogP contribution is 2.20.